The number of halogens is 4. The predicted molar refractivity (Wildman–Crippen MR) is 119 cm³/mol. The van der Waals surface area contributed by atoms with Gasteiger partial charge in [-0.3, -0.25) is 0 Å². The van der Waals surface area contributed by atoms with E-state index in [-0.39, 0.29) is 0 Å². The topological polar surface area (TPSA) is 17.8 Å². The molecule has 2 aromatic carbocycles. The summed E-state index contributed by atoms with van der Waals surface area (Å²) in [4.78, 5) is 4.14. The van der Waals surface area contributed by atoms with Crippen molar-refractivity contribution in [1.29, 1.82) is 0 Å². The van der Waals surface area contributed by atoms with Crippen LogP contribution >= 0.6 is 58.2 Å². The van der Waals surface area contributed by atoms with Crippen molar-refractivity contribution in [3.63, 3.8) is 0 Å². The Morgan fingerprint density at radius 2 is 1.81 bits per heavy atom. The fourth-order valence-corrected chi connectivity index (χ4v) is 4.74. The number of thioether (sulfide) groups is 1. The second-order valence-electron chi connectivity index (χ2n) is 6.22. The van der Waals surface area contributed by atoms with E-state index >= 15 is 0 Å². The molecule has 0 amide bonds. The van der Waals surface area contributed by atoms with Crippen LogP contribution in [-0.4, -0.2) is 14.8 Å². The standard InChI is InChI=1S/C20H18Cl4N2S/c21-16-4-2-15(19(23)10-16)3-5-17(11-26-8-7-25-13-26)27-12-14-1-6-18(22)20(24)9-14/h1-2,4,6-10,13,17H,3,5,11-12H2. The molecule has 1 unspecified atom stereocenters. The molecule has 2 nitrogen and oxygen atoms in total. The molecule has 1 heterocycles. The summed E-state index contributed by atoms with van der Waals surface area (Å²) in [6.45, 7) is 0.886. The molecule has 0 saturated heterocycles. The molecule has 1 atom stereocenters. The highest BCUT2D eigenvalue weighted by Crippen LogP contribution is 2.29. The highest BCUT2D eigenvalue weighted by atomic mass is 35.5. The van der Waals surface area contributed by atoms with Gasteiger partial charge >= 0.3 is 0 Å². The Morgan fingerprint density at radius 1 is 0.963 bits per heavy atom. The van der Waals surface area contributed by atoms with Crippen LogP contribution in [0.2, 0.25) is 20.1 Å². The van der Waals surface area contributed by atoms with Crippen LogP contribution in [0.4, 0.5) is 0 Å². The molecule has 0 aliphatic rings. The Balaban J connectivity index is 1.65. The highest BCUT2D eigenvalue weighted by molar-refractivity contribution is 7.99. The number of aryl methyl sites for hydroxylation is 1. The number of nitrogens with zero attached hydrogens (tertiary/aromatic N) is 2. The van der Waals surface area contributed by atoms with Crippen molar-refractivity contribution < 1.29 is 0 Å². The van der Waals surface area contributed by atoms with E-state index in [1.54, 1.807) is 12.3 Å². The zero-order valence-corrected chi connectivity index (χ0v) is 18.3. The lowest BCUT2D eigenvalue weighted by molar-refractivity contribution is 0.624. The molecule has 0 fully saturated rings. The number of hydrogen-bond acceptors (Lipinski definition) is 2. The summed E-state index contributed by atoms with van der Waals surface area (Å²) in [5, 5.41) is 2.96. The zero-order chi connectivity index (χ0) is 19.2. The van der Waals surface area contributed by atoms with Crippen LogP contribution in [0.5, 0.6) is 0 Å². The molecule has 0 radical (unpaired) electrons. The normalized spacial score (nSPS) is 12.3. The van der Waals surface area contributed by atoms with Crippen molar-refractivity contribution in [2.45, 2.75) is 30.4 Å². The van der Waals surface area contributed by atoms with Crippen LogP contribution in [0.1, 0.15) is 17.5 Å². The first-order valence-electron chi connectivity index (χ1n) is 8.46. The van der Waals surface area contributed by atoms with Gasteiger partial charge in [0.2, 0.25) is 0 Å². The summed E-state index contributed by atoms with van der Waals surface area (Å²) < 4.78 is 2.11. The van der Waals surface area contributed by atoms with Gasteiger partial charge in [0.25, 0.3) is 0 Å². The number of imidazole rings is 1. The molecule has 3 aromatic rings. The van der Waals surface area contributed by atoms with E-state index in [4.69, 9.17) is 46.4 Å². The van der Waals surface area contributed by atoms with Crippen LogP contribution in [-0.2, 0) is 18.7 Å². The number of aromatic nitrogens is 2. The number of benzene rings is 2. The van der Waals surface area contributed by atoms with Crippen LogP contribution in [0.15, 0.2) is 55.1 Å². The lowest BCUT2D eigenvalue weighted by atomic mass is 10.1. The predicted octanol–water partition coefficient (Wildman–Crippen LogP) is 7.43. The molecule has 0 spiro atoms. The van der Waals surface area contributed by atoms with E-state index in [1.165, 1.54) is 0 Å². The van der Waals surface area contributed by atoms with Crippen LogP contribution in [0.25, 0.3) is 0 Å². The van der Waals surface area contributed by atoms with Gasteiger partial charge in [0.05, 0.1) is 16.4 Å². The average Bonchev–Trinajstić information content (AvgIpc) is 3.14. The van der Waals surface area contributed by atoms with E-state index < -0.39 is 0 Å². The minimum absolute atomic E-state index is 0.403. The lowest BCUT2D eigenvalue weighted by Crippen LogP contribution is -2.13. The monoisotopic (exact) mass is 458 g/mol. The molecular weight excluding hydrogens is 442 g/mol. The van der Waals surface area contributed by atoms with Crippen molar-refractivity contribution in [2.75, 3.05) is 0 Å². The van der Waals surface area contributed by atoms with Gasteiger partial charge in [0.15, 0.2) is 0 Å². The second-order valence-corrected chi connectivity index (χ2v) is 9.16. The quantitative estimate of drug-likeness (QED) is 0.348. The fraction of sp³-hybridized carbons (Fsp3) is 0.250. The molecular formula is C20H18Cl4N2S. The molecule has 0 bridgehead atoms. The minimum atomic E-state index is 0.403. The molecule has 0 aliphatic heterocycles. The van der Waals surface area contributed by atoms with E-state index in [1.807, 2.05) is 54.6 Å². The highest BCUT2D eigenvalue weighted by Gasteiger charge is 2.13. The van der Waals surface area contributed by atoms with Crippen molar-refractivity contribution in [1.82, 2.24) is 9.55 Å². The summed E-state index contributed by atoms with van der Waals surface area (Å²) in [5.41, 5.74) is 2.28. The second kappa shape index (κ2) is 10.1. The van der Waals surface area contributed by atoms with Gasteiger partial charge in [-0.1, -0.05) is 58.5 Å². The van der Waals surface area contributed by atoms with Gasteiger partial charge in [-0.05, 0) is 48.2 Å². The van der Waals surface area contributed by atoms with Gasteiger partial charge < -0.3 is 4.57 Å². The Morgan fingerprint density at radius 3 is 2.52 bits per heavy atom. The maximum Gasteiger partial charge on any atom is 0.0946 e. The van der Waals surface area contributed by atoms with Crippen LogP contribution < -0.4 is 0 Å². The van der Waals surface area contributed by atoms with Crippen molar-refractivity contribution in [3.8, 4) is 0 Å². The van der Waals surface area contributed by atoms with Crippen LogP contribution in [0, 0.1) is 0 Å². The molecule has 0 aliphatic carbocycles. The maximum atomic E-state index is 6.33. The molecule has 27 heavy (non-hydrogen) atoms. The Kier molecular flexibility index (Phi) is 7.80. The van der Waals surface area contributed by atoms with Gasteiger partial charge in [-0.25, -0.2) is 4.98 Å². The molecule has 0 N–H and O–H groups in total. The smallest absolute Gasteiger partial charge is 0.0946 e. The average molecular weight is 460 g/mol. The summed E-state index contributed by atoms with van der Waals surface area (Å²) in [6.07, 6.45) is 7.52. The number of rotatable bonds is 8. The van der Waals surface area contributed by atoms with Gasteiger partial charge in [-0.2, -0.15) is 11.8 Å². The third-order valence-corrected chi connectivity index (χ3v) is 6.88. The van der Waals surface area contributed by atoms with Gasteiger partial charge in [0, 0.05) is 40.0 Å². The van der Waals surface area contributed by atoms with E-state index in [0.29, 0.717) is 20.3 Å². The van der Waals surface area contributed by atoms with Gasteiger partial charge in [0.1, 0.15) is 0 Å². The summed E-state index contributed by atoms with van der Waals surface area (Å²) in [7, 11) is 0. The summed E-state index contributed by atoms with van der Waals surface area (Å²) >= 11 is 26.4. The zero-order valence-electron chi connectivity index (χ0n) is 14.4. The first-order valence-corrected chi connectivity index (χ1v) is 11.0. The Hall–Kier alpha value is -0.840. The summed E-state index contributed by atoms with van der Waals surface area (Å²) in [6, 6.07) is 11.5. The fourth-order valence-electron chi connectivity index (χ4n) is 2.74. The number of hydrogen-bond donors (Lipinski definition) is 0. The lowest BCUT2D eigenvalue weighted by Gasteiger charge is -2.18. The third-order valence-electron chi connectivity index (χ3n) is 4.19. The van der Waals surface area contributed by atoms with Crippen molar-refractivity contribution >= 4 is 58.2 Å². The largest absolute Gasteiger partial charge is 0.336 e. The van der Waals surface area contributed by atoms with Crippen LogP contribution in [0.3, 0.4) is 0 Å². The molecule has 3 rings (SSSR count). The molecule has 0 saturated carbocycles. The summed E-state index contributed by atoms with van der Waals surface area (Å²) in [5.74, 6) is 0.866. The van der Waals surface area contributed by atoms with Crippen molar-refractivity contribution in [3.05, 3.63) is 86.3 Å². The van der Waals surface area contributed by atoms with E-state index in [9.17, 15) is 0 Å². The van der Waals surface area contributed by atoms with Gasteiger partial charge in [-0.15, -0.1) is 0 Å². The minimum Gasteiger partial charge on any atom is -0.336 e. The Labute approximate surface area is 183 Å². The SMILES string of the molecule is Clc1ccc(CCC(Cn2ccnc2)SCc2ccc(Cl)c(Cl)c2)c(Cl)c1. The molecule has 1 aromatic heterocycles. The van der Waals surface area contributed by atoms with E-state index in [2.05, 4.69) is 9.55 Å². The molecule has 7 heteroatoms. The first-order chi connectivity index (χ1) is 13.0. The third kappa shape index (κ3) is 6.33. The molecule has 142 valence electrons. The van der Waals surface area contributed by atoms with E-state index in [0.717, 1.165) is 41.3 Å². The maximum absolute atomic E-state index is 6.33. The van der Waals surface area contributed by atoms with Crippen molar-refractivity contribution in [2.24, 2.45) is 0 Å². The first kappa shape index (κ1) is 20.9. The Bertz CT molecular complexity index is 884.